The molecule has 2 aromatic rings. The molecule has 2 N–H and O–H groups in total. The van der Waals surface area contributed by atoms with Crippen molar-refractivity contribution < 1.29 is 4.74 Å². The molecule has 0 aliphatic carbocycles. The van der Waals surface area contributed by atoms with Crippen LogP contribution < -0.4 is 10.9 Å². The van der Waals surface area contributed by atoms with Crippen molar-refractivity contribution >= 4 is 10.9 Å². The monoisotopic (exact) mass is 274 g/mol. The number of aromatic amines is 1. The molecule has 4 heteroatoms. The second-order valence-corrected chi connectivity index (χ2v) is 5.36. The van der Waals surface area contributed by atoms with Gasteiger partial charge < -0.3 is 15.0 Å². The predicted molar refractivity (Wildman–Crippen MR) is 81.9 cm³/mol. The molecular formula is C16H22N2O2. The van der Waals surface area contributed by atoms with Gasteiger partial charge in [0.25, 0.3) is 5.56 Å². The first kappa shape index (κ1) is 14.8. The first-order chi connectivity index (χ1) is 9.66. The van der Waals surface area contributed by atoms with E-state index < -0.39 is 0 Å². The Labute approximate surface area is 119 Å². The Kier molecular flexibility index (Phi) is 5.32. The summed E-state index contributed by atoms with van der Waals surface area (Å²) in [4.78, 5) is 14.8. The van der Waals surface area contributed by atoms with Crippen molar-refractivity contribution in [1.29, 1.82) is 0 Å². The second-order valence-electron chi connectivity index (χ2n) is 5.36. The average Bonchev–Trinajstić information content (AvgIpc) is 2.42. The van der Waals surface area contributed by atoms with Crippen LogP contribution in [0.4, 0.5) is 0 Å². The molecular weight excluding hydrogens is 252 g/mol. The summed E-state index contributed by atoms with van der Waals surface area (Å²) in [5.74, 6) is 0.554. The Hall–Kier alpha value is -1.65. The fourth-order valence-electron chi connectivity index (χ4n) is 2.01. The summed E-state index contributed by atoms with van der Waals surface area (Å²) < 4.78 is 5.49. The van der Waals surface area contributed by atoms with E-state index >= 15 is 0 Å². The number of aromatic nitrogens is 1. The van der Waals surface area contributed by atoms with E-state index in [1.54, 1.807) is 0 Å². The minimum absolute atomic E-state index is 0.0284. The van der Waals surface area contributed by atoms with Crippen LogP contribution in [0, 0.1) is 5.92 Å². The highest BCUT2D eigenvalue weighted by molar-refractivity contribution is 5.78. The van der Waals surface area contributed by atoms with Crippen molar-refractivity contribution in [3.8, 4) is 0 Å². The second kappa shape index (κ2) is 7.22. The Balaban J connectivity index is 1.87. The van der Waals surface area contributed by atoms with Gasteiger partial charge in [0.15, 0.2) is 0 Å². The third-order valence-electron chi connectivity index (χ3n) is 3.02. The van der Waals surface area contributed by atoms with Gasteiger partial charge in [-0.1, -0.05) is 32.0 Å². The van der Waals surface area contributed by atoms with E-state index in [1.165, 1.54) is 0 Å². The summed E-state index contributed by atoms with van der Waals surface area (Å²) in [6.07, 6.45) is 0. The van der Waals surface area contributed by atoms with E-state index in [0.29, 0.717) is 19.1 Å². The van der Waals surface area contributed by atoms with Gasteiger partial charge in [-0.3, -0.25) is 4.79 Å². The molecule has 1 aromatic heterocycles. The van der Waals surface area contributed by atoms with Gasteiger partial charge in [-0.2, -0.15) is 0 Å². The molecule has 0 aliphatic rings. The lowest BCUT2D eigenvalue weighted by molar-refractivity contribution is 0.111. The normalized spacial score (nSPS) is 11.3. The van der Waals surface area contributed by atoms with Crippen LogP contribution in [0.25, 0.3) is 10.9 Å². The van der Waals surface area contributed by atoms with Crippen LogP contribution >= 0.6 is 0 Å². The topological polar surface area (TPSA) is 54.1 Å². The maximum absolute atomic E-state index is 11.9. The Bertz CT molecular complexity index is 605. The molecule has 2 rings (SSSR count). The molecule has 0 saturated heterocycles. The predicted octanol–water partition coefficient (Wildman–Crippen LogP) is 2.29. The molecule has 0 amide bonds. The first-order valence-electron chi connectivity index (χ1n) is 7.06. The van der Waals surface area contributed by atoms with Crippen LogP contribution in [0.5, 0.6) is 0 Å². The summed E-state index contributed by atoms with van der Waals surface area (Å²) in [6, 6.07) is 9.74. The molecule has 0 atom stereocenters. The van der Waals surface area contributed by atoms with Crippen LogP contribution in [0.1, 0.15) is 19.4 Å². The maximum atomic E-state index is 11.9. The zero-order valence-corrected chi connectivity index (χ0v) is 12.1. The highest BCUT2D eigenvalue weighted by Gasteiger charge is 2.02. The Morgan fingerprint density at radius 1 is 1.30 bits per heavy atom. The molecule has 0 radical (unpaired) electrons. The van der Waals surface area contributed by atoms with Gasteiger partial charge in [-0.05, 0) is 23.4 Å². The minimum Gasteiger partial charge on any atom is -0.380 e. The number of para-hydroxylation sites is 1. The average molecular weight is 274 g/mol. The number of nitrogens with one attached hydrogen (secondary N) is 2. The van der Waals surface area contributed by atoms with Crippen LogP contribution in [-0.4, -0.2) is 24.7 Å². The summed E-state index contributed by atoms with van der Waals surface area (Å²) in [5, 5.41) is 4.29. The number of pyridine rings is 1. The number of benzene rings is 1. The summed E-state index contributed by atoms with van der Waals surface area (Å²) >= 11 is 0. The van der Waals surface area contributed by atoms with E-state index in [9.17, 15) is 4.79 Å². The lowest BCUT2D eigenvalue weighted by Gasteiger charge is -2.08. The highest BCUT2D eigenvalue weighted by Crippen LogP contribution is 2.09. The molecule has 0 fully saturated rings. The number of hydrogen-bond acceptors (Lipinski definition) is 3. The third-order valence-corrected chi connectivity index (χ3v) is 3.02. The first-order valence-corrected chi connectivity index (χ1v) is 7.06. The van der Waals surface area contributed by atoms with Crippen LogP contribution in [0.3, 0.4) is 0 Å². The Morgan fingerprint density at radius 2 is 2.10 bits per heavy atom. The number of rotatable bonds is 7. The van der Waals surface area contributed by atoms with Crippen molar-refractivity contribution in [3.63, 3.8) is 0 Å². The SMILES string of the molecule is CC(C)COCCNCc1cc2ccccc2[nH]c1=O. The zero-order chi connectivity index (χ0) is 14.4. The number of H-pyrrole nitrogens is 1. The van der Waals surface area contributed by atoms with Gasteiger partial charge >= 0.3 is 0 Å². The molecule has 0 spiro atoms. The van der Waals surface area contributed by atoms with E-state index in [2.05, 4.69) is 24.1 Å². The highest BCUT2D eigenvalue weighted by atomic mass is 16.5. The van der Waals surface area contributed by atoms with Gasteiger partial charge in [-0.15, -0.1) is 0 Å². The van der Waals surface area contributed by atoms with E-state index in [1.807, 2.05) is 30.3 Å². The van der Waals surface area contributed by atoms with Crippen molar-refractivity contribution in [1.82, 2.24) is 10.3 Å². The van der Waals surface area contributed by atoms with E-state index in [0.717, 1.165) is 29.6 Å². The summed E-state index contributed by atoms with van der Waals surface area (Å²) in [7, 11) is 0. The third kappa shape index (κ3) is 4.18. The van der Waals surface area contributed by atoms with Crippen LogP contribution in [0.15, 0.2) is 35.1 Å². The lowest BCUT2D eigenvalue weighted by Crippen LogP contribution is -2.24. The molecule has 0 saturated carbocycles. The van der Waals surface area contributed by atoms with Gasteiger partial charge in [0.05, 0.1) is 6.61 Å². The molecule has 20 heavy (non-hydrogen) atoms. The van der Waals surface area contributed by atoms with Gasteiger partial charge in [0, 0.05) is 30.8 Å². The van der Waals surface area contributed by atoms with E-state index in [-0.39, 0.29) is 5.56 Å². The summed E-state index contributed by atoms with van der Waals surface area (Å²) in [6.45, 7) is 7.01. The summed E-state index contributed by atoms with van der Waals surface area (Å²) in [5.41, 5.74) is 1.60. The zero-order valence-electron chi connectivity index (χ0n) is 12.1. The largest absolute Gasteiger partial charge is 0.380 e. The van der Waals surface area contributed by atoms with Crippen molar-refractivity contribution in [2.45, 2.75) is 20.4 Å². The minimum atomic E-state index is -0.0284. The van der Waals surface area contributed by atoms with E-state index in [4.69, 9.17) is 4.74 Å². The number of hydrogen-bond donors (Lipinski definition) is 2. The van der Waals surface area contributed by atoms with Crippen molar-refractivity contribution in [2.24, 2.45) is 5.92 Å². The molecule has 1 heterocycles. The molecule has 108 valence electrons. The smallest absolute Gasteiger partial charge is 0.252 e. The van der Waals surface area contributed by atoms with Crippen molar-refractivity contribution in [2.75, 3.05) is 19.8 Å². The standard InChI is InChI=1S/C16H22N2O2/c1-12(2)11-20-8-7-17-10-14-9-13-5-3-4-6-15(13)18-16(14)19/h3-6,9,12,17H,7-8,10-11H2,1-2H3,(H,18,19). The number of fused-ring (bicyclic) bond motifs is 1. The molecule has 0 bridgehead atoms. The van der Waals surface area contributed by atoms with Crippen LogP contribution in [-0.2, 0) is 11.3 Å². The molecule has 0 aliphatic heterocycles. The van der Waals surface area contributed by atoms with Gasteiger partial charge in [0.1, 0.15) is 0 Å². The molecule has 1 aromatic carbocycles. The maximum Gasteiger partial charge on any atom is 0.252 e. The van der Waals surface area contributed by atoms with Gasteiger partial charge in [0.2, 0.25) is 0 Å². The molecule has 0 unspecified atom stereocenters. The van der Waals surface area contributed by atoms with Gasteiger partial charge in [-0.25, -0.2) is 0 Å². The quantitative estimate of drug-likeness (QED) is 0.762. The molecule has 4 nitrogen and oxygen atoms in total. The van der Waals surface area contributed by atoms with Crippen LogP contribution in [0.2, 0.25) is 0 Å². The lowest BCUT2D eigenvalue weighted by atomic mass is 10.1. The van der Waals surface area contributed by atoms with Crippen molar-refractivity contribution in [3.05, 3.63) is 46.2 Å². The Morgan fingerprint density at radius 3 is 2.90 bits per heavy atom. The number of ether oxygens (including phenoxy) is 1. The fourth-order valence-corrected chi connectivity index (χ4v) is 2.01. The fraction of sp³-hybridized carbons (Fsp3) is 0.438.